The van der Waals surface area contributed by atoms with Gasteiger partial charge < -0.3 is 9.88 Å². The number of rotatable bonds is 4. The topological polar surface area (TPSA) is 121 Å². The lowest BCUT2D eigenvalue weighted by Gasteiger charge is -2.18. The van der Waals surface area contributed by atoms with E-state index in [-0.39, 0.29) is 4.90 Å². The largest absolute Gasteiger partial charge is 0.329 e. The molecule has 0 atom stereocenters. The average molecular weight is 414 g/mol. The number of hydrogen-bond acceptors (Lipinski definition) is 5. The van der Waals surface area contributed by atoms with E-state index in [1.54, 1.807) is 30.3 Å². The van der Waals surface area contributed by atoms with E-state index < -0.39 is 33.7 Å². The van der Waals surface area contributed by atoms with E-state index >= 15 is 0 Å². The maximum atomic E-state index is 12.8. The fourth-order valence-corrected chi connectivity index (χ4v) is 4.27. The Morgan fingerprint density at radius 1 is 1.17 bits per heavy atom. The van der Waals surface area contributed by atoms with Crippen molar-refractivity contribution in [1.29, 1.82) is 0 Å². The number of sulfonamides is 1. The summed E-state index contributed by atoms with van der Waals surface area (Å²) < 4.78 is 27.1. The van der Waals surface area contributed by atoms with Crippen LogP contribution in [0.5, 0.6) is 0 Å². The third-order valence-corrected chi connectivity index (χ3v) is 6.42. The van der Waals surface area contributed by atoms with Gasteiger partial charge in [0.1, 0.15) is 6.54 Å². The van der Waals surface area contributed by atoms with Crippen molar-refractivity contribution in [2.45, 2.75) is 17.9 Å². The van der Waals surface area contributed by atoms with Crippen LogP contribution >= 0.6 is 0 Å². The molecule has 10 heteroatoms. The number of fused-ring (bicyclic) bond motifs is 2. The summed E-state index contributed by atoms with van der Waals surface area (Å²) in [6.45, 7) is -0.0630. The van der Waals surface area contributed by atoms with Gasteiger partial charge in [-0.25, -0.2) is 17.9 Å². The molecule has 0 spiro atoms. The predicted molar refractivity (Wildman–Crippen MR) is 108 cm³/mol. The summed E-state index contributed by atoms with van der Waals surface area (Å²) in [6.07, 6.45) is 0.483. The van der Waals surface area contributed by atoms with Crippen molar-refractivity contribution in [3.63, 3.8) is 0 Å². The molecule has 3 aromatic rings. The molecule has 2 N–H and O–H groups in total. The first kappa shape index (κ1) is 19.1. The van der Waals surface area contributed by atoms with E-state index in [0.29, 0.717) is 29.6 Å². The Hall–Kier alpha value is -3.24. The van der Waals surface area contributed by atoms with Gasteiger partial charge in [0.25, 0.3) is 5.56 Å². The first-order valence-electron chi connectivity index (χ1n) is 8.90. The van der Waals surface area contributed by atoms with E-state index in [1.807, 2.05) is 0 Å². The highest BCUT2D eigenvalue weighted by molar-refractivity contribution is 7.89. The Kier molecular flexibility index (Phi) is 4.59. The first-order valence-corrected chi connectivity index (χ1v) is 10.4. The van der Waals surface area contributed by atoms with Crippen LogP contribution in [-0.4, -0.2) is 37.5 Å². The number of benzene rings is 2. The van der Waals surface area contributed by atoms with Crippen molar-refractivity contribution in [2.75, 3.05) is 18.5 Å². The summed E-state index contributed by atoms with van der Waals surface area (Å²) in [5, 5.41) is 0.323. The number of amides is 1. The van der Waals surface area contributed by atoms with Crippen molar-refractivity contribution in [1.82, 2.24) is 14.3 Å². The zero-order valence-corrected chi connectivity index (χ0v) is 16.3. The van der Waals surface area contributed by atoms with Crippen molar-refractivity contribution in [2.24, 2.45) is 0 Å². The van der Waals surface area contributed by atoms with Gasteiger partial charge in [-0.15, -0.1) is 0 Å². The van der Waals surface area contributed by atoms with Crippen molar-refractivity contribution in [3.05, 3.63) is 68.9 Å². The van der Waals surface area contributed by atoms with Gasteiger partial charge in [0, 0.05) is 12.2 Å². The number of hydrogen-bond donors (Lipinski definition) is 2. The molecule has 2 aromatic carbocycles. The summed E-state index contributed by atoms with van der Waals surface area (Å²) in [5.74, 6) is -0.421. The third-order valence-electron chi connectivity index (χ3n) is 5.01. The molecule has 0 unspecified atom stereocenters. The van der Waals surface area contributed by atoms with Crippen LogP contribution < -0.4 is 20.9 Å². The minimum Gasteiger partial charge on any atom is -0.310 e. The number of nitrogens with one attached hydrogen (secondary N) is 2. The average Bonchev–Trinajstić information content (AvgIpc) is 3.14. The van der Waals surface area contributed by atoms with Crippen LogP contribution in [-0.2, 0) is 27.8 Å². The van der Waals surface area contributed by atoms with Gasteiger partial charge in [-0.2, -0.15) is 0 Å². The van der Waals surface area contributed by atoms with Gasteiger partial charge in [-0.3, -0.25) is 14.2 Å². The molecule has 150 valence electrons. The molecule has 0 fully saturated rings. The molecule has 0 radical (unpaired) electrons. The fourth-order valence-electron chi connectivity index (χ4n) is 3.49. The summed E-state index contributed by atoms with van der Waals surface area (Å²) in [5.41, 5.74) is 0.519. The highest BCUT2D eigenvalue weighted by Gasteiger charge is 2.27. The van der Waals surface area contributed by atoms with Gasteiger partial charge in [0.15, 0.2) is 0 Å². The minimum absolute atomic E-state index is 0.121. The molecule has 0 saturated heterocycles. The maximum absolute atomic E-state index is 12.8. The highest BCUT2D eigenvalue weighted by Crippen LogP contribution is 2.30. The van der Waals surface area contributed by atoms with Crippen molar-refractivity contribution >= 4 is 32.5 Å². The number of carbonyl (C=O) groups is 1. The van der Waals surface area contributed by atoms with Crippen LogP contribution in [0, 0.1) is 0 Å². The number of carbonyl (C=O) groups excluding carboxylic acids is 1. The maximum Gasteiger partial charge on any atom is 0.329 e. The van der Waals surface area contributed by atoms with Gasteiger partial charge >= 0.3 is 5.69 Å². The second-order valence-corrected chi connectivity index (χ2v) is 8.55. The molecule has 0 saturated carbocycles. The summed E-state index contributed by atoms with van der Waals surface area (Å²) in [6, 6.07) is 11.1. The van der Waals surface area contributed by atoms with E-state index in [4.69, 9.17) is 0 Å². The van der Waals surface area contributed by atoms with Gasteiger partial charge in [0.2, 0.25) is 15.9 Å². The second-order valence-electron chi connectivity index (χ2n) is 6.66. The van der Waals surface area contributed by atoms with Crippen LogP contribution in [0.25, 0.3) is 10.9 Å². The van der Waals surface area contributed by atoms with Crippen LogP contribution in [0.4, 0.5) is 5.69 Å². The van der Waals surface area contributed by atoms with Gasteiger partial charge in [-0.05, 0) is 49.4 Å². The lowest BCUT2D eigenvalue weighted by atomic mass is 10.2. The SMILES string of the molecule is CNS(=O)(=O)c1ccc2c(c1)CCN2C(=O)Cn1c(=O)[nH]c2ccccc2c1=O. The molecule has 9 nitrogen and oxygen atoms in total. The molecule has 4 rings (SSSR count). The standard InChI is InChI=1S/C19H18N4O5S/c1-20-29(27,28)13-6-7-16-12(10-13)8-9-22(16)17(24)11-23-18(25)14-4-2-3-5-15(14)21-19(23)26/h2-7,10,20H,8-9,11H2,1H3,(H,21,26). The molecule has 0 aliphatic carbocycles. The highest BCUT2D eigenvalue weighted by atomic mass is 32.2. The first-order chi connectivity index (χ1) is 13.8. The number of aromatic amines is 1. The lowest BCUT2D eigenvalue weighted by molar-refractivity contribution is -0.119. The number of nitrogens with zero attached hydrogens (tertiary/aromatic N) is 2. The van der Waals surface area contributed by atoms with Crippen LogP contribution in [0.15, 0.2) is 56.9 Å². The van der Waals surface area contributed by atoms with Gasteiger partial charge in [0.05, 0.1) is 15.8 Å². The molecule has 1 amide bonds. The molecule has 1 aliphatic rings. The van der Waals surface area contributed by atoms with Crippen molar-refractivity contribution < 1.29 is 13.2 Å². The lowest BCUT2D eigenvalue weighted by Crippen LogP contribution is -2.42. The summed E-state index contributed by atoms with van der Waals surface area (Å²) in [7, 11) is -2.25. The molecule has 1 aliphatic heterocycles. The normalized spacial score (nSPS) is 13.6. The number of anilines is 1. The Morgan fingerprint density at radius 3 is 2.69 bits per heavy atom. The Balaban J connectivity index is 1.66. The van der Waals surface area contributed by atoms with Crippen molar-refractivity contribution in [3.8, 4) is 0 Å². The van der Waals surface area contributed by atoms with Gasteiger partial charge in [-0.1, -0.05) is 12.1 Å². The zero-order valence-electron chi connectivity index (χ0n) is 15.5. The van der Waals surface area contributed by atoms with E-state index in [9.17, 15) is 22.8 Å². The molecule has 1 aromatic heterocycles. The summed E-state index contributed by atoms with van der Waals surface area (Å²) >= 11 is 0. The molecular formula is C19H18N4O5S. The summed E-state index contributed by atoms with van der Waals surface area (Å²) in [4.78, 5) is 42.0. The third kappa shape index (κ3) is 3.26. The number of aromatic nitrogens is 2. The van der Waals surface area contributed by atoms with E-state index in [0.717, 1.165) is 10.1 Å². The van der Waals surface area contributed by atoms with E-state index in [1.165, 1.54) is 24.1 Å². The smallest absolute Gasteiger partial charge is 0.310 e. The quantitative estimate of drug-likeness (QED) is 0.631. The Labute approximate surface area is 165 Å². The van der Waals surface area contributed by atoms with Crippen LogP contribution in [0.2, 0.25) is 0 Å². The van der Waals surface area contributed by atoms with Crippen LogP contribution in [0.1, 0.15) is 5.56 Å². The fraction of sp³-hybridized carbons (Fsp3) is 0.211. The zero-order chi connectivity index (χ0) is 20.8. The minimum atomic E-state index is -3.58. The Morgan fingerprint density at radius 2 is 1.93 bits per heavy atom. The molecular weight excluding hydrogens is 396 g/mol. The van der Waals surface area contributed by atoms with Crippen LogP contribution in [0.3, 0.4) is 0 Å². The molecule has 2 heterocycles. The molecule has 0 bridgehead atoms. The monoisotopic (exact) mass is 414 g/mol. The predicted octanol–water partition coefficient (Wildman–Crippen LogP) is 0.187. The Bertz CT molecular complexity index is 1360. The molecule has 29 heavy (non-hydrogen) atoms. The second kappa shape index (κ2) is 6.98. The number of para-hydroxylation sites is 1. The van der Waals surface area contributed by atoms with E-state index in [2.05, 4.69) is 9.71 Å². The number of H-pyrrole nitrogens is 1.